The average molecular weight is 375 g/mol. The van der Waals surface area contributed by atoms with Crippen LogP contribution in [0.2, 0.25) is 5.02 Å². The first-order chi connectivity index (χ1) is 12.6. The van der Waals surface area contributed by atoms with E-state index in [1.54, 1.807) is 0 Å². The second-order valence-electron chi connectivity index (χ2n) is 6.02. The molecule has 4 nitrogen and oxygen atoms in total. The van der Waals surface area contributed by atoms with Crippen molar-refractivity contribution in [2.24, 2.45) is 0 Å². The molecule has 0 saturated heterocycles. The van der Waals surface area contributed by atoms with Gasteiger partial charge in [0.25, 0.3) is 5.91 Å². The van der Waals surface area contributed by atoms with E-state index in [1.807, 2.05) is 30.3 Å². The van der Waals surface area contributed by atoms with Crippen molar-refractivity contribution >= 4 is 17.5 Å². The lowest BCUT2D eigenvalue weighted by molar-refractivity contribution is -0.128. The Labute approximate surface area is 157 Å². The van der Waals surface area contributed by atoms with Crippen molar-refractivity contribution < 1.29 is 13.9 Å². The number of halogens is 2. The molecular formula is C20H20ClFN2O2. The standard InChI is InChI=1S/C20H20ClFN2O2/c21-17-12-16(22)6-7-18(17)26-19(15-4-2-1-3-5-15)20(25)24-13-14-8-10-23-11-9-14/h1-8,12,19,23H,9-11,13H2,(H,24,25). The number of rotatable bonds is 6. The third-order valence-corrected chi connectivity index (χ3v) is 4.42. The molecule has 1 aliphatic heterocycles. The molecular weight excluding hydrogens is 355 g/mol. The van der Waals surface area contributed by atoms with E-state index in [-0.39, 0.29) is 16.7 Å². The number of amides is 1. The molecule has 136 valence electrons. The fourth-order valence-electron chi connectivity index (χ4n) is 2.72. The van der Waals surface area contributed by atoms with Crippen molar-refractivity contribution in [3.05, 3.63) is 76.6 Å². The van der Waals surface area contributed by atoms with Gasteiger partial charge in [-0.1, -0.05) is 53.6 Å². The van der Waals surface area contributed by atoms with Crippen LogP contribution < -0.4 is 15.4 Å². The molecule has 2 aromatic carbocycles. The Bertz CT molecular complexity index is 796. The highest BCUT2D eigenvalue weighted by atomic mass is 35.5. The van der Waals surface area contributed by atoms with Crippen molar-refractivity contribution in [2.45, 2.75) is 12.5 Å². The highest BCUT2D eigenvalue weighted by Gasteiger charge is 2.23. The molecule has 1 aliphatic rings. The number of nitrogens with one attached hydrogen (secondary N) is 2. The Hall–Kier alpha value is -2.37. The number of hydrogen-bond donors (Lipinski definition) is 2. The van der Waals surface area contributed by atoms with Crippen LogP contribution in [0, 0.1) is 5.82 Å². The van der Waals surface area contributed by atoms with E-state index in [2.05, 4.69) is 16.7 Å². The van der Waals surface area contributed by atoms with E-state index in [0.717, 1.165) is 25.6 Å². The van der Waals surface area contributed by atoms with Gasteiger partial charge < -0.3 is 15.4 Å². The van der Waals surface area contributed by atoms with Crippen LogP contribution in [-0.2, 0) is 4.79 Å². The van der Waals surface area contributed by atoms with E-state index < -0.39 is 11.9 Å². The lowest BCUT2D eigenvalue weighted by Gasteiger charge is -2.21. The Balaban J connectivity index is 1.76. The monoisotopic (exact) mass is 374 g/mol. The molecule has 0 spiro atoms. The second kappa shape index (κ2) is 8.83. The summed E-state index contributed by atoms with van der Waals surface area (Å²) in [6, 6.07) is 13.0. The Morgan fingerprint density at radius 1 is 1.27 bits per heavy atom. The topological polar surface area (TPSA) is 50.4 Å². The summed E-state index contributed by atoms with van der Waals surface area (Å²) in [7, 11) is 0. The van der Waals surface area contributed by atoms with Crippen molar-refractivity contribution in [3.63, 3.8) is 0 Å². The van der Waals surface area contributed by atoms with Crippen LogP contribution in [0.15, 0.2) is 60.2 Å². The molecule has 0 aliphatic carbocycles. The quantitative estimate of drug-likeness (QED) is 0.759. The van der Waals surface area contributed by atoms with Gasteiger partial charge in [-0.25, -0.2) is 4.39 Å². The fourth-order valence-corrected chi connectivity index (χ4v) is 2.93. The first-order valence-electron chi connectivity index (χ1n) is 8.46. The lowest BCUT2D eigenvalue weighted by Crippen LogP contribution is -2.35. The van der Waals surface area contributed by atoms with Crippen LogP contribution in [0.3, 0.4) is 0 Å². The molecule has 6 heteroatoms. The minimum absolute atomic E-state index is 0.125. The molecule has 2 aromatic rings. The van der Waals surface area contributed by atoms with Crippen molar-refractivity contribution in [2.75, 3.05) is 19.6 Å². The van der Waals surface area contributed by atoms with E-state index in [1.165, 1.54) is 17.7 Å². The summed E-state index contributed by atoms with van der Waals surface area (Å²) in [4.78, 5) is 12.8. The van der Waals surface area contributed by atoms with Gasteiger partial charge in [0, 0.05) is 18.7 Å². The summed E-state index contributed by atoms with van der Waals surface area (Å²) in [5.74, 6) is -0.463. The van der Waals surface area contributed by atoms with Crippen LogP contribution in [-0.4, -0.2) is 25.5 Å². The van der Waals surface area contributed by atoms with Crippen molar-refractivity contribution in [1.82, 2.24) is 10.6 Å². The van der Waals surface area contributed by atoms with Gasteiger partial charge in [0.1, 0.15) is 11.6 Å². The molecule has 1 atom stereocenters. The molecule has 26 heavy (non-hydrogen) atoms. The first-order valence-corrected chi connectivity index (χ1v) is 8.84. The zero-order valence-corrected chi connectivity index (χ0v) is 14.9. The average Bonchev–Trinajstić information content (AvgIpc) is 2.67. The smallest absolute Gasteiger partial charge is 0.266 e. The summed E-state index contributed by atoms with van der Waals surface area (Å²) < 4.78 is 19.1. The molecule has 1 amide bonds. The molecule has 1 unspecified atom stereocenters. The van der Waals surface area contributed by atoms with Crippen LogP contribution in [0.1, 0.15) is 18.1 Å². The maximum Gasteiger partial charge on any atom is 0.266 e. The summed E-state index contributed by atoms with van der Waals surface area (Å²) >= 11 is 6.05. The summed E-state index contributed by atoms with van der Waals surface area (Å²) in [5, 5.41) is 6.29. The SMILES string of the molecule is O=C(NCC1=CCNCC1)C(Oc1ccc(F)cc1Cl)c1ccccc1. The maximum absolute atomic E-state index is 13.3. The minimum atomic E-state index is -0.874. The first kappa shape index (κ1) is 18.4. The molecule has 1 heterocycles. The molecule has 0 bridgehead atoms. The van der Waals surface area contributed by atoms with Gasteiger partial charge in [-0.05, 0) is 31.2 Å². The molecule has 0 radical (unpaired) electrons. The minimum Gasteiger partial charge on any atom is -0.474 e. The number of carbonyl (C=O) groups excluding carboxylic acids is 1. The fraction of sp³-hybridized carbons (Fsp3) is 0.250. The van der Waals surface area contributed by atoms with Crippen LogP contribution in [0.5, 0.6) is 5.75 Å². The predicted octanol–water partition coefficient (Wildman–Crippen LogP) is 3.64. The molecule has 0 saturated carbocycles. The van der Waals surface area contributed by atoms with Gasteiger partial charge in [0.05, 0.1) is 5.02 Å². The molecule has 0 aromatic heterocycles. The van der Waals surface area contributed by atoms with Crippen LogP contribution >= 0.6 is 11.6 Å². The molecule has 3 rings (SSSR count). The zero-order valence-electron chi connectivity index (χ0n) is 14.2. The number of ether oxygens (including phenoxy) is 1. The van der Waals surface area contributed by atoms with Gasteiger partial charge in [-0.15, -0.1) is 0 Å². The number of benzene rings is 2. The van der Waals surface area contributed by atoms with Gasteiger partial charge in [0.2, 0.25) is 6.10 Å². The Morgan fingerprint density at radius 3 is 2.77 bits per heavy atom. The second-order valence-corrected chi connectivity index (χ2v) is 6.42. The highest BCUT2D eigenvalue weighted by Crippen LogP contribution is 2.30. The Kier molecular flexibility index (Phi) is 6.26. The third kappa shape index (κ3) is 4.84. The normalized spacial score (nSPS) is 15.1. The van der Waals surface area contributed by atoms with Gasteiger partial charge in [-0.3, -0.25) is 4.79 Å². The van der Waals surface area contributed by atoms with Gasteiger partial charge in [0.15, 0.2) is 0 Å². The summed E-state index contributed by atoms with van der Waals surface area (Å²) in [5.41, 5.74) is 1.88. The number of carbonyl (C=O) groups is 1. The lowest BCUT2D eigenvalue weighted by atomic mass is 10.1. The van der Waals surface area contributed by atoms with Gasteiger partial charge in [-0.2, -0.15) is 0 Å². The predicted molar refractivity (Wildman–Crippen MR) is 99.8 cm³/mol. The van der Waals surface area contributed by atoms with Crippen LogP contribution in [0.25, 0.3) is 0 Å². The van der Waals surface area contributed by atoms with Gasteiger partial charge >= 0.3 is 0 Å². The highest BCUT2D eigenvalue weighted by molar-refractivity contribution is 6.32. The van der Waals surface area contributed by atoms with E-state index >= 15 is 0 Å². The summed E-state index contributed by atoms with van der Waals surface area (Å²) in [6.45, 7) is 2.20. The maximum atomic E-state index is 13.3. The molecule has 0 fully saturated rings. The van der Waals surface area contributed by atoms with Crippen molar-refractivity contribution in [1.29, 1.82) is 0 Å². The molecule has 2 N–H and O–H groups in total. The van der Waals surface area contributed by atoms with E-state index in [4.69, 9.17) is 16.3 Å². The summed E-state index contributed by atoms with van der Waals surface area (Å²) in [6.07, 6.45) is 2.11. The number of hydrogen-bond acceptors (Lipinski definition) is 3. The van der Waals surface area contributed by atoms with Crippen molar-refractivity contribution in [3.8, 4) is 5.75 Å². The largest absolute Gasteiger partial charge is 0.474 e. The van der Waals surface area contributed by atoms with E-state index in [0.29, 0.717) is 12.1 Å². The van der Waals surface area contributed by atoms with E-state index in [9.17, 15) is 9.18 Å². The Morgan fingerprint density at radius 2 is 2.08 bits per heavy atom. The zero-order chi connectivity index (χ0) is 18.4. The third-order valence-electron chi connectivity index (χ3n) is 4.13. The van der Waals surface area contributed by atoms with Crippen LogP contribution in [0.4, 0.5) is 4.39 Å².